The molecule has 31 heavy (non-hydrogen) atoms. The van der Waals surface area contributed by atoms with Crippen LogP contribution in [0.15, 0.2) is 53.8 Å². The monoisotopic (exact) mass is 411 g/mol. The van der Waals surface area contributed by atoms with Crippen LogP contribution in [0.25, 0.3) is 27.5 Å². The van der Waals surface area contributed by atoms with Gasteiger partial charge in [-0.3, -0.25) is 14.3 Å². The van der Waals surface area contributed by atoms with Gasteiger partial charge in [0.25, 0.3) is 5.56 Å². The number of benzene rings is 1. The minimum atomic E-state index is -0.0796. The van der Waals surface area contributed by atoms with Crippen LogP contribution in [-0.4, -0.2) is 29.3 Å². The predicted molar refractivity (Wildman–Crippen MR) is 120 cm³/mol. The fraction of sp³-hybridized carbons (Fsp3) is 0.174. The fourth-order valence-corrected chi connectivity index (χ4v) is 4.13. The SMILES string of the molecule is Cc1ccncc1-n1c(Cn2nc(C)c3c(N)ncnc32)cc2cccc(C)c2c1=O. The smallest absolute Gasteiger partial charge is 0.263 e. The molecule has 154 valence electrons. The molecule has 8 nitrogen and oxygen atoms in total. The van der Waals surface area contributed by atoms with Crippen molar-refractivity contribution in [3.05, 3.63) is 81.9 Å². The van der Waals surface area contributed by atoms with Gasteiger partial charge < -0.3 is 5.73 Å². The van der Waals surface area contributed by atoms with E-state index in [4.69, 9.17) is 5.73 Å². The average molecular weight is 411 g/mol. The first-order valence-corrected chi connectivity index (χ1v) is 9.94. The Labute approximate surface area is 178 Å². The van der Waals surface area contributed by atoms with Crippen molar-refractivity contribution in [2.24, 2.45) is 0 Å². The molecule has 4 heterocycles. The highest BCUT2D eigenvalue weighted by Gasteiger charge is 2.18. The van der Waals surface area contributed by atoms with Crippen molar-refractivity contribution in [1.82, 2.24) is 29.3 Å². The summed E-state index contributed by atoms with van der Waals surface area (Å²) < 4.78 is 3.49. The van der Waals surface area contributed by atoms with Gasteiger partial charge in [-0.15, -0.1) is 0 Å². The van der Waals surface area contributed by atoms with Crippen molar-refractivity contribution >= 4 is 27.6 Å². The molecule has 0 atom stereocenters. The fourth-order valence-electron chi connectivity index (χ4n) is 4.13. The molecule has 0 aliphatic heterocycles. The van der Waals surface area contributed by atoms with Gasteiger partial charge in [0.15, 0.2) is 5.65 Å². The molecule has 1 aromatic carbocycles. The molecule has 0 bridgehead atoms. The molecule has 0 aliphatic rings. The minimum Gasteiger partial charge on any atom is -0.383 e. The first-order valence-electron chi connectivity index (χ1n) is 9.94. The zero-order chi connectivity index (χ0) is 21.7. The van der Waals surface area contributed by atoms with Gasteiger partial charge in [-0.1, -0.05) is 18.2 Å². The van der Waals surface area contributed by atoms with E-state index in [0.717, 1.165) is 39.0 Å². The van der Waals surface area contributed by atoms with Gasteiger partial charge in [-0.05, 0) is 49.4 Å². The number of aryl methyl sites for hydroxylation is 3. The van der Waals surface area contributed by atoms with Crippen LogP contribution in [0, 0.1) is 20.8 Å². The van der Waals surface area contributed by atoms with Crippen LogP contribution in [-0.2, 0) is 6.54 Å². The highest BCUT2D eigenvalue weighted by Crippen LogP contribution is 2.24. The largest absolute Gasteiger partial charge is 0.383 e. The third kappa shape index (κ3) is 2.95. The standard InChI is InChI=1S/C23H21N7O/c1-13-7-8-25-10-18(13)30-17(9-16-6-4-5-14(2)19(16)23(30)31)11-29-22-20(15(3)28-29)21(24)26-12-27-22/h4-10,12H,11H2,1-3H3,(H2,24,26,27). The summed E-state index contributed by atoms with van der Waals surface area (Å²) in [5.74, 6) is 0.392. The lowest BCUT2D eigenvalue weighted by Gasteiger charge is -2.17. The van der Waals surface area contributed by atoms with Crippen molar-refractivity contribution in [3.63, 3.8) is 0 Å². The van der Waals surface area contributed by atoms with Gasteiger partial charge >= 0.3 is 0 Å². The first-order chi connectivity index (χ1) is 15.0. The number of hydrogen-bond acceptors (Lipinski definition) is 6. The highest BCUT2D eigenvalue weighted by atomic mass is 16.1. The molecule has 8 heteroatoms. The van der Waals surface area contributed by atoms with Gasteiger partial charge in [-0.25, -0.2) is 14.6 Å². The van der Waals surface area contributed by atoms with Crippen LogP contribution in [0.4, 0.5) is 5.82 Å². The highest BCUT2D eigenvalue weighted by molar-refractivity contribution is 5.88. The van der Waals surface area contributed by atoms with E-state index in [-0.39, 0.29) is 5.56 Å². The molecule has 2 N–H and O–H groups in total. The Kier molecular flexibility index (Phi) is 4.28. The van der Waals surface area contributed by atoms with Crippen LogP contribution in [0.5, 0.6) is 0 Å². The van der Waals surface area contributed by atoms with E-state index in [0.29, 0.717) is 23.4 Å². The van der Waals surface area contributed by atoms with E-state index in [9.17, 15) is 4.79 Å². The van der Waals surface area contributed by atoms with Gasteiger partial charge in [-0.2, -0.15) is 5.10 Å². The molecule has 0 radical (unpaired) electrons. The van der Waals surface area contributed by atoms with E-state index in [2.05, 4.69) is 20.1 Å². The van der Waals surface area contributed by atoms with Crippen molar-refractivity contribution in [3.8, 4) is 5.69 Å². The molecule has 0 unspecified atom stereocenters. The van der Waals surface area contributed by atoms with Crippen molar-refractivity contribution in [2.75, 3.05) is 5.73 Å². The maximum Gasteiger partial charge on any atom is 0.263 e. The number of fused-ring (bicyclic) bond motifs is 2. The molecular weight excluding hydrogens is 390 g/mol. The van der Waals surface area contributed by atoms with Crippen molar-refractivity contribution in [2.45, 2.75) is 27.3 Å². The summed E-state index contributed by atoms with van der Waals surface area (Å²) in [5.41, 5.74) is 10.8. The van der Waals surface area contributed by atoms with Crippen molar-refractivity contribution < 1.29 is 0 Å². The lowest BCUT2D eigenvalue weighted by molar-refractivity contribution is 0.663. The Morgan fingerprint density at radius 2 is 1.87 bits per heavy atom. The summed E-state index contributed by atoms with van der Waals surface area (Å²) in [7, 11) is 0. The second-order valence-electron chi connectivity index (χ2n) is 7.68. The molecule has 5 aromatic rings. The van der Waals surface area contributed by atoms with E-state index in [1.165, 1.54) is 6.33 Å². The van der Waals surface area contributed by atoms with Gasteiger partial charge in [0.05, 0.1) is 34.9 Å². The molecule has 0 spiro atoms. The second kappa shape index (κ2) is 7.02. The van der Waals surface area contributed by atoms with Gasteiger partial charge in [0.1, 0.15) is 12.1 Å². The number of nitrogens with two attached hydrogens (primary N) is 1. The number of hydrogen-bond donors (Lipinski definition) is 1. The summed E-state index contributed by atoms with van der Waals surface area (Å²) in [4.78, 5) is 26.4. The molecular formula is C23H21N7O. The third-order valence-electron chi connectivity index (χ3n) is 5.63. The van der Waals surface area contributed by atoms with Crippen LogP contribution in [0.1, 0.15) is 22.5 Å². The van der Waals surface area contributed by atoms with Crippen molar-refractivity contribution in [1.29, 1.82) is 0 Å². The zero-order valence-electron chi connectivity index (χ0n) is 17.5. The molecule has 5 rings (SSSR count). The maximum atomic E-state index is 13.7. The number of nitrogen functional groups attached to an aromatic ring is 1. The normalized spacial score (nSPS) is 11.5. The maximum absolute atomic E-state index is 13.7. The Hall–Kier alpha value is -4.07. The molecule has 0 amide bonds. The van der Waals surface area contributed by atoms with Gasteiger partial charge in [0.2, 0.25) is 0 Å². The first kappa shape index (κ1) is 18.9. The minimum absolute atomic E-state index is 0.0796. The van der Waals surface area contributed by atoms with Crippen LogP contribution in [0.2, 0.25) is 0 Å². The Balaban J connectivity index is 1.82. The molecule has 0 fully saturated rings. The third-order valence-corrected chi connectivity index (χ3v) is 5.63. The quantitative estimate of drug-likeness (QED) is 0.489. The number of pyridine rings is 2. The zero-order valence-corrected chi connectivity index (χ0v) is 17.5. The summed E-state index contributed by atoms with van der Waals surface area (Å²) in [5, 5.41) is 6.95. The second-order valence-corrected chi connectivity index (χ2v) is 7.68. The summed E-state index contributed by atoms with van der Waals surface area (Å²) in [6, 6.07) is 9.80. The molecule has 4 aromatic heterocycles. The van der Waals surface area contributed by atoms with Gasteiger partial charge in [0, 0.05) is 11.9 Å². The summed E-state index contributed by atoms with van der Waals surface area (Å²) >= 11 is 0. The number of aromatic nitrogens is 6. The average Bonchev–Trinajstić information content (AvgIpc) is 3.05. The topological polar surface area (TPSA) is 105 Å². The van der Waals surface area contributed by atoms with E-state index < -0.39 is 0 Å². The Bertz CT molecular complexity index is 1530. The van der Waals surface area contributed by atoms with Crippen LogP contribution < -0.4 is 11.3 Å². The summed E-state index contributed by atoms with van der Waals surface area (Å²) in [6.45, 7) is 6.14. The molecule has 0 aliphatic carbocycles. The lowest BCUT2D eigenvalue weighted by atomic mass is 10.1. The van der Waals surface area contributed by atoms with E-state index in [1.807, 2.05) is 51.1 Å². The molecule has 0 saturated carbocycles. The van der Waals surface area contributed by atoms with Crippen LogP contribution in [0.3, 0.4) is 0 Å². The van der Waals surface area contributed by atoms with E-state index >= 15 is 0 Å². The lowest BCUT2D eigenvalue weighted by Crippen LogP contribution is -2.25. The Morgan fingerprint density at radius 1 is 1.03 bits per heavy atom. The Morgan fingerprint density at radius 3 is 2.68 bits per heavy atom. The summed E-state index contributed by atoms with van der Waals surface area (Å²) in [6.07, 6.45) is 4.87. The van der Waals surface area contributed by atoms with E-state index in [1.54, 1.807) is 21.6 Å². The predicted octanol–water partition coefficient (Wildman–Crippen LogP) is 3.08. The molecule has 0 saturated heterocycles. The number of anilines is 1. The number of nitrogens with zero attached hydrogens (tertiary/aromatic N) is 6. The number of rotatable bonds is 3. The van der Waals surface area contributed by atoms with Crippen LogP contribution >= 0.6 is 0 Å².